The smallest absolute Gasteiger partial charge is 0.355 e. The molecule has 1 fully saturated rings. The van der Waals surface area contributed by atoms with Gasteiger partial charge in [0.1, 0.15) is 5.82 Å². The second-order valence-corrected chi connectivity index (χ2v) is 7.75. The second-order valence-electron chi connectivity index (χ2n) is 6.61. The molecule has 0 unspecified atom stereocenters. The minimum Gasteiger partial charge on any atom is -0.355 e. The lowest BCUT2D eigenvalue weighted by atomic mass is 10.2. The zero-order valence-electron chi connectivity index (χ0n) is 15.5. The van der Waals surface area contributed by atoms with Crippen molar-refractivity contribution in [3.05, 3.63) is 53.7 Å². The third kappa shape index (κ3) is 5.80. The van der Waals surface area contributed by atoms with E-state index in [0.717, 1.165) is 12.3 Å². The Hall–Kier alpha value is -2.43. The highest BCUT2D eigenvalue weighted by molar-refractivity contribution is 8.00. The number of amides is 1. The molecule has 162 valence electrons. The highest BCUT2D eigenvalue weighted by Crippen LogP contribution is 2.36. The zero-order valence-corrected chi connectivity index (χ0v) is 16.3. The molecule has 30 heavy (non-hydrogen) atoms. The Labute approximate surface area is 172 Å². The minimum absolute atomic E-state index is 0.00512. The van der Waals surface area contributed by atoms with Gasteiger partial charge in [-0.2, -0.15) is 26.3 Å². The van der Waals surface area contributed by atoms with Gasteiger partial charge in [0.25, 0.3) is 5.91 Å². The van der Waals surface area contributed by atoms with Crippen LogP contribution >= 0.6 is 11.8 Å². The van der Waals surface area contributed by atoms with Crippen molar-refractivity contribution < 1.29 is 31.1 Å². The van der Waals surface area contributed by atoms with Crippen LogP contribution in [0.25, 0.3) is 0 Å². The Morgan fingerprint density at radius 1 is 0.900 bits per heavy atom. The first-order valence-corrected chi connectivity index (χ1v) is 9.78. The van der Waals surface area contributed by atoms with Gasteiger partial charge in [0.2, 0.25) is 0 Å². The van der Waals surface area contributed by atoms with E-state index in [2.05, 4.69) is 4.98 Å². The SMILES string of the molecule is O=C(c1ccc(SC(F)(F)F)cc1)N1CCCN(c2ccc(C(F)(F)F)cn2)CC1. The molecule has 0 bridgehead atoms. The summed E-state index contributed by atoms with van der Waals surface area (Å²) in [5, 5.41) is 0. The fourth-order valence-electron chi connectivity index (χ4n) is 3.07. The molecule has 0 spiro atoms. The molecule has 1 aliphatic rings. The first kappa shape index (κ1) is 22.3. The fourth-order valence-corrected chi connectivity index (χ4v) is 3.61. The lowest BCUT2D eigenvalue weighted by Crippen LogP contribution is -2.35. The molecule has 1 aromatic carbocycles. The van der Waals surface area contributed by atoms with E-state index in [1.807, 2.05) is 0 Å². The maximum atomic E-state index is 12.7. The van der Waals surface area contributed by atoms with E-state index in [-0.39, 0.29) is 28.1 Å². The largest absolute Gasteiger partial charge is 0.446 e. The van der Waals surface area contributed by atoms with Crippen molar-refractivity contribution in [2.45, 2.75) is 23.0 Å². The van der Waals surface area contributed by atoms with Gasteiger partial charge in [0.15, 0.2) is 0 Å². The molecule has 11 heteroatoms. The molecule has 2 aromatic rings. The molecule has 2 heterocycles. The monoisotopic (exact) mass is 449 g/mol. The van der Waals surface area contributed by atoms with E-state index in [1.54, 1.807) is 9.80 Å². The Kier molecular flexibility index (Phi) is 6.49. The predicted octanol–water partition coefficient (Wildman–Crippen LogP) is 5.06. The van der Waals surface area contributed by atoms with Crippen LogP contribution in [0.2, 0.25) is 0 Å². The lowest BCUT2D eigenvalue weighted by Gasteiger charge is -2.23. The quantitative estimate of drug-likeness (QED) is 0.485. The number of alkyl halides is 6. The molecule has 1 aliphatic heterocycles. The topological polar surface area (TPSA) is 36.4 Å². The molecule has 4 nitrogen and oxygen atoms in total. The van der Waals surface area contributed by atoms with E-state index in [0.29, 0.717) is 38.4 Å². The number of anilines is 1. The van der Waals surface area contributed by atoms with E-state index in [4.69, 9.17) is 0 Å². The summed E-state index contributed by atoms with van der Waals surface area (Å²) in [5.41, 5.74) is -4.95. The van der Waals surface area contributed by atoms with Crippen molar-refractivity contribution in [2.75, 3.05) is 31.1 Å². The first-order chi connectivity index (χ1) is 14.0. The number of hydrogen-bond donors (Lipinski definition) is 0. The van der Waals surface area contributed by atoms with Gasteiger partial charge in [-0.1, -0.05) is 0 Å². The molecule has 0 saturated carbocycles. The average Bonchev–Trinajstić information content (AvgIpc) is 2.92. The average molecular weight is 449 g/mol. The lowest BCUT2D eigenvalue weighted by molar-refractivity contribution is -0.137. The van der Waals surface area contributed by atoms with Crippen LogP contribution < -0.4 is 4.90 Å². The van der Waals surface area contributed by atoms with E-state index >= 15 is 0 Å². The van der Waals surface area contributed by atoms with Crippen LogP contribution in [0.4, 0.5) is 32.2 Å². The Morgan fingerprint density at radius 3 is 2.17 bits per heavy atom. The number of carbonyl (C=O) groups excluding carboxylic acids is 1. The molecule has 0 N–H and O–H groups in total. The van der Waals surface area contributed by atoms with Gasteiger partial charge in [-0.15, -0.1) is 0 Å². The van der Waals surface area contributed by atoms with Crippen molar-refractivity contribution in [2.24, 2.45) is 0 Å². The molecule has 0 aliphatic carbocycles. The van der Waals surface area contributed by atoms with Gasteiger partial charge in [-0.25, -0.2) is 4.98 Å². The third-order valence-electron chi connectivity index (χ3n) is 4.52. The van der Waals surface area contributed by atoms with Crippen LogP contribution in [0.1, 0.15) is 22.3 Å². The number of thioether (sulfide) groups is 1. The number of hydrogen-bond acceptors (Lipinski definition) is 4. The van der Waals surface area contributed by atoms with Crippen molar-refractivity contribution in [1.29, 1.82) is 0 Å². The summed E-state index contributed by atoms with van der Waals surface area (Å²) in [6.07, 6.45) is -3.10. The van der Waals surface area contributed by atoms with Crippen LogP contribution in [0, 0.1) is 0 Å². The van der Waals surface area contributed by atoms with E-state index in [1.165, 1.54) is 30.3 Å². The summed E-state index contributed by atoms with van der Waals surface area (Å²) < 4.78 is 75.3. The molecular formula is C19H17F6N3OS. The number of rotatable bonds is 3. The molecule has 1 saturated heterocycles. The maximum absolute atomic E-state index is 12.7. The standard InChI is InChI=1S/C19H17F6N3OS/c20-18(21,22)14-4-7-16(26-12-14)27-8-1-9-28(11-10-27)17(29)13-2-5-15(6-3-13)30-19(23,24)25/h2-7,12H,1,8-11H2. The van der Waals surface area contributed by atoms with Crippen molar-refractivity contribution >= 4 is 23.5 Å². The highest BCUT2D eigenvalue weighted by atomic mass is 32.2. The van der Waals surface area contributed by atoms with Crippen LogP contribution in [0.5, 0.6) is 0 Å². The zero-order chi connectivity index (χ0) is 21.9. The van der Waals surface area contributed by atoms with E-state index < -0.39 is 17.2 Å². The van der Waals surface area contributed by atoms with Crippen LogP contribution in [0.3, 0.4) is 0 Å². The predicted molar refractivity (Wildman–Crippen MR) is 100 cm³/mol. The number of aromatic nitrogens is 1. The Balaban J connectivity index is 1.62. The minimum atomic E-state index is -4.46. The van der Waals surface area contributed by atoms with Crippen LogP contribution in [0.15, 0.2) is 47.5 Å². The first-order valence-electron chi connectivity index (χ1n) is 8.96. The summed E-state index contributed by atoms with van der Waals surface area (Å²) in [7, 11) is 0. The van der Waals surface area contributed by atoms with E-state index in [9.17, 15) is 31.1 Å². The number of pyridine rings is 1. The number of halogens is 6. The van der Waals surface area contributed by atoms with Crippen LogP contribution in [-0.4, -0.2) is 47.5 Å². The van der Waals surface area contributed by atoms with Gasteiger partial charge < -0.3 is 9.80 Å². The summed E-state index contributed by atoms with van der Waals surface area (Å²) in [6.45, 7) is 1.64. The number of benzene rings is 1. The van der Waals surface area contributed by atoms with Gasteiger partial charge in [0.05, 0.1) is 5.56 Å². The second kappa shape index (κ2) is 8.75. The normalized spacial score (nSPS) is 15.8. The maximum Gasteiger partial charge on any atom is 0.446 e. The van der Waals surface area contributed by atoms with Gasteiger partial charge in [-0.3, -0.25) is 4.79 Å². The molecule has 0 radical (unpaired) electrons. The summed E-state index contributed by atoms with van der Waals surface area (Å²) >= 11 is -0.249. The third-order valence-corrected chi connectivity index (χ3v) is 5.26. The van der Waals surface area contributed by atoms with Crippen molar-refractivity contribution in [3.8, 4) is 0 Å². The summed E-state index contributed by atoms with van der Waals surface area (Å²) in [5.74, 6) is 0.0895. The summed E-state index contributed by atoms with van der Waals surface area (Å²) in [6, 6.07) is 7.49. The van der Waals surface area contributed by atoms with Gasteiger partial charge >= 0.3 is 11.7 Å². The van der Waals surface area contributed by atoms with Crippen molar-refractivity contribution in [3.63, 3.8) is 0 Å². The van der Waals surface area contributed by atoms with Crippen molar-refractivity contribution in [1.82, 2.24) is 9.88 Å². The Morgan fingerprint density at radius 2 is 1.60 bits per heavy atom. The number of nitrogens with zero attached hydrogens (tertiary/aromatic N) is 3. The Bertz CT molecular complexity index is 868. The van der Waals surface area contributed by atoms with Crippen LogP contribution in [-0.2, 0) is 6.18 Å². The molecule has 0 atom stereocenters. The fraction of sp³-hybridized carbons (Fsp3) is 0.368. The van der Waals surface area contributed by atoms with Gasteiger partial charge in [-0.05, 0) is 54.6 Å². The molecule has 3 rings (SSSR count). The molecule has 1 amide bonds. The summed E-state index contributed by atoms with van der Waals surface area (Å²) in [4.78, 5) is 19.9. The molecule has 1 aromatic heterocycles. The number of carbonyl (C=O) groups is 1. The molecular weight excluding hydrogens is 432 g/mol. The van der Waals surface area contributed by atoms with Gasteiger partial charge in [0, 0.05) is 42.8 Å². The highest BCUT2D eigenvalue weighted by Gasteiger charge is 2.31.